The Morgan fingerprint density at radius 2 is 2.00 bits per heavy atom. The first kappa shape index (κ1) is 16.7. The van der Waals surface area contributed by atoms with Crippen LogP contribution in [0.3, 0.4) is 0 Å². The number of hydrogen-bond donors (Lipinski definition) is 1. The number of rotatable bonds is 9. The van der Waals surface area contributed by atoms with Gasteiger partial charge in [0.2, 0.25) is 5.91 Å². The quantitative estimate of drug-likeness (QED) is 0.753. The normalized spacial score (nSPS) is 10.8. The summed E-state index contributed by atoms with van der Waals surface area (Å²) in [6, 6.07) is 10.0. The van der Waals surface area contributed by atoms with Crippen molar-refractivity contribution in [3.05, 3.63) is 35.9 Å². The van der Waals surface area contributed by atoms with E-state index >= 15 is 0 Å². The van der Waals surface area contributed by atoms with E-state index in [4.69, 9.17) is 10.5 Å². The first-order valence-corrected chi connectivity index (χ1v) is 7.27. The van der Waals surface area contributed by atoms with Gasteiger partial charge in [0.15, 0.2) is 0 Å². The van der Waals surface area contributed by atoms with Crippen LogP contribution >= 0.6 is 0 Å². The second-order valence-electron chi connectivity index (χ2n) is 5.11. The third kappa shape index (κ3) is 6.68. The average Bonchev–Trinajstić information content (AvgIpc) is 2.44. The highest BCUT2D eigenvalue weighted by molar-refractivity contribution is 5.76. The van der Waals surface area contributed by atoms with Gasteiger partial charge in [0.1, 0.15) is 0 Å². The van der Waals surface area contributed by atoms with Crippen LogP contribution in [0.1, 0.15) is 32.3 Å². The maximum absolute atomic E-state index is 12.2. The fourth-order valence-corrected chi connectivity index (χ4v) is 1.92. The molecule has 0 aliphatic carbocycles. The van der Waals surface area contributed by atoms with Crippen LogP contribution in [0.2, 0.25) is 0 Å². The van der Waals surface area contributed by atoms with E-state index in [1.807, 2.05) is 49.1 Å². The van der Waals surface area contributed by atoms with Crippen molar-refractivity contribution in [3.8, 4) is 0 Å². The van der Waals surface area contributed by atoms with Crippen LogP contribution in [0.15, 0.2) is 30.3 Å². The Morgan fingerprint density at radius 3 is 2.60 bits per heavy atom. The highest BCUT2D eigenvalue weighted by Gasteiger charge is 2.13. The van der Waals surface area contributed by atoms with Gasteiger partial charge < -0.3 is 15.4 Å². The molecule has 0 radical (unpaired) electrons. The van der Waals surface area contributed by atoms with Crippen LogP contribution in [-0.2, 0) is 16.1 Å². The van der Waals surface area contributed by atoms with Crippen LogP contribution in [0.4, 0.5) is 0 Å². The molecule has 0 atom stereocenters. The largest absolute Gasteiger partial charge is 0.378 e. The van der Waals surface area contributed by atoms with Crippen molar-refractivity contribution in [1.29, 1.82) is 0 Å². The maximum Gasteiger partial charge on any atom is 0.225 e. The summed E-state index contributed by atoms with van der Waals surface area (Å²) < 4.78 is 5.45. The number of carbonyl (C=O) groups is 1. The van der Waals surface area contributed by atoms with Crippen molar-refractivity contribution >= 4 is 5.91 Å². The Bertz CT molecular complexity index is 379. The molecule has 4 heteroatoms. The lowest BCUT2D eigenvalue weighted by Crippen LogP contribution is -2.33. The Labute approximate surface area is 121 Å². The molecule has 0 unspecified atom stereocenters. The second-order valence-corrected chi connectivity index (χ2v) is 5.11. The van der Waals surface area contributed by atoms with Crippen LogP contribution in [0.25, 0.3) is 0 Å². The fraction of sp³-hybridized carbons (Fsp3) is 0.562. The molecular weight excluding hydrogens is 252 g/mol. The van der Waals surface area contributed by atoms with Gasteiger partial charge in [-0.2, -0.15) is 0 Å². The lowest BCUT2D eigenvalue weighted by molar-refractivity contribution is -0.133. The van der Waals surface area contributed by atoms with Gasteiger partial charge in [-0.05, 0) is 32.4 Å². The summed E-state index contributed by atoms with van der Waals surface area (Å²) in [6.45, 7) is 6.36. The van der Waals surface area contributed by atoms with Gasteiger partial charge >= 0.3 is 0 Å². The Hall–Kier alpha value is -1.39. The molecule has 0 bridgehead atoms. The first-order chi connectivity index (χ1) is 9.63. The molecule has 0 fully saturated rings. The van der Waals surface area contributed by atoms with Crippen molar-refractivity contribution in [3.63, 3.8) is 0 Å². The molecule has 0 aliphatic heterocycles. The summed E-state index contributed by atoms with van der Waals surface area (Å²) in [4.78, 5) is 14.1. The monoisotopic (exact) mass is 278 g/mol. The highest BCUT2D eigenvalue weighted by Crippen LogP contribution is 2.07. The van der Waals surface area contributed by atoms with Crippen LogP contribution < -0.4 is 5.73 Å². The van der Waals surface area contributed by atoms with Crippen molar-refractivity contribution < 1.29 is 9.53 Å². The fourth-order valence-electron chi connectivity index (χ4n) is 1.92. The van der Waals surface area contributed by atoms with E-state index in [0.29, 0.717) is 32.7 Å². The summed E-state index contributed by atoms with van der Waals surface area (Å²) in [7, 11) is 0. The smallest absolute Gasteiger partial charge is 0.225 e. The molecule has 0 spiro atoms. The Kier molecular flexibility index (Phi) is 7.92. The number of ether oxygens (including phenoxy) is 1. The zero-order chi connectivity index (χ0) is 14.8. The first-order valence-electron chi connectivity index (χ1n) is 7.27. The van der Waals surface area contributed by atoms with Crippen LogP contribution in [0.5, 0.6) is 0 Å². The van der Waals surface area contributed by atoms with E-state index in [2.05, 4.69) is 0 Å². The molecule has 1 aromatic rings. The van der Waals surface area contributed by atoms with E-state index in [1.165, 1.54) is 0 Å². The van der Waals surface area contributed by atoms with Crippen molar-refractivity contribution in [1.82, 2.24) is 4.90 Å². The van der Waals surface area contributed by atoms with Gasteiger partial charge in [-0.3, -0.25) is 4.79 Å². The van der Waals surface area contributed by atoms with Gasteiger partial charge in [-0.15, -0.1) is 0 Å². The molecule has 112 valence electrons. The molecule has 4 nitrogen and oxygen atoms in total. The van der Waals surface area contributed by atoms with E-state index < -0.39 is 0 Å². The molecule has 0 saturated carbocycles. The highest BCUT2D eigenvalue weighted by atomic mass is 16.5. The second kappa shape index (κ2) is 9.50. The van der Waals surface area contributed by atoms with Gasteiger partial charge in [0.05, 0.1) is 19.1 Å². The van der Waals surface area contributed by atoms with Crippen LogP contribution in [0, 0.1) is 0 Å². The summed E-state index contributed by atoms with van der Waals surface area (Å²) in [5.41, 5.74) is 6.69. The minimum Gasteiger partial charge on any atom is -0.378 e. The zero-order valence-electron chi connectivity index (χ0n) is 12.5. The van der Waals surface area contributed by atoms with E-state index in [9.17, 15) is 4.79 Å². The molecule has 1 aromatic carbocycles. The van der Waals surface area contributed by atoms with Crippen molar-refractivity contribution in [2.75, 3.05) is 19.7 Å². The van der Waals surface area contributed by atoms with Crippen LogP contribution in [-0.4, -0.2) is 36.6 Å². The third-order valence-corrected chi connectivity index (χ3v) is 2.97. The molecule has 20 heavy (non-hydrogen) atoms. The standard InChI is InChI=1S/C16H26N2O2/c1-14(2)20-12-9-16(19)18(11-6-10-17)13-15-7-4-3-5-8-15/h3-5,7-8,14H,6,9-13,17H2,1-2H3. The molecule has 2 N–H and O–H groups in total. The predicted molar refractivity (Wildman–Crippen MR) is 81.2 cm³/mol. The lowest BCUT2D eigenvalue weighted by Gasteiger charge is -2.23. The number of benzene rings is 1. The molecule has 0 saturated heterocycles. The zero-order valence-corrected chi connectivity index (χ0v) is 12.5. The van der Waals surface area contributed by atoms with Crippen molar-refractivity contribution in [2.45, 2.75) is 39.3 Å². The van der Waals surface area contributed by atoms with Gasteiger partial charge in [-0.25, -0.2) is 0 Å². The summed E-state index contributed by atoms with van der Waals surface area (Å²) in [6.07, 6.45) is 1.41. The number of amides is 1. The third-order valence-electron chi connectivity index (χ3n) is 2.97. The predicted octanol–water partition coefficient (Wildman–Crippen LogP) is 2.18. The summed E-state index contributed by atoms with van der Waals surface area (Å²) >= 11 is 0. The Balaban J connectivity index is 2.52. The molecular formula is C16H26N2O2. The number of hydrogen-bond acceptors (Lipinski definition) is 3. The summed E-state index contributed by atoms with van der Waals surface area (Å²) in [5, 5.41) is 0. The Morgan fingerprint density at radius 1 is 1.30 bits per heavy atom. The maximum atomic E-state index is 12.2. The SMILES string of the molecule is CC(C)OCCC(=O)N(CCCN)Cc1ccccc1. The number of carbonyl (C=O) groups excluding carboxylic acids is 1. The van der Waals surface area contributed by atoms with E-state index in [0.717, 1.165) is 12.0 Å². The van der Waals surface area contributed by atoms with Crippen molar-refractivity contribution in [2.24, 2.45) is 5.73 Å². The molecule has 1 amide bonds. The molecule has 0 heterocycles. The molecule has 0 aliphatic rings. The van der Waals surface area contributed by atoms with E-state index in [-0.39, 0.29) is 12.0 Å². The van der Waals surface area contributed by atoms with Gasteiger partial charge in [0, 0.05) is 13.1 Å². The van der Waals surface area contributed by atoms with Gasteiger partial charge in [-0.1, -0.05) is 30.3 Å². The topological polar surface area (TPSA) is 55.6 Å². The number of nitrogens with zero attached hydrogens (tertiary/aromatic N) is 1. The summed E-state index contributed by atoms with van der Waals surface area (Å²) in [5.74, 6) is 0.128. The molecule has 1 rings (SSSR count). The average molecular weight is 278 g/mol. The minimum atomic E-state index is 0.128. The lowest BCUT2D eigenvalue weighted by atomic mass is 10.2. The minimum absolute atomic E-state index is 0.128. The number of nitrogens with two attached hydrogens (primary N) is 1. The van der Waals surface area contributed by atoms with E-state index in [1.54, 1.807) is 0 Å². The van der Waals surface area contributed by atoms with Gasteiger partial charge in [0.25, 0.3) is 0 Å². The molecule has 0 aromatic heterocycles.